The van der Waals surface area contributed by atoms with E-state index in [4.69, 9.17) is 22.1 Å². The Morgan fingerprint density at radius 3 is 2.53 bits per heavy atom. The molecule has 0 atom stereocenters. The average Bonchev–Trinajstić information content (AvgIpc) is 3.17. The molecular formula is C15H19ClFNO. The summed E-state index contributed by atoms with van der Waals surface area (Å²) in [6.45, 7) is 0. The lowest BCUT2D eigenvalue weighted by Gasteiger charge is -2.35. The van der Waals surface area contributed by atoms with Crippen molar-refractivity contribution in [1.82, 2.24) is 0 Å². The fourth-order valence-electron chi connectivity index (χ4n) is 2.85. The maximum absolute atomic E-state index is 13.7. The maximum Gasteiger partial charge on any atom is 0.143 e. The largest absolute Gasteiger partial charge is 0.489 e. The molecule has 1 aromatic rings. The summed E-state index contributed by atoms with van der Waals surface area (Å²) in [5, 5.41) is 0.345. The monoisotopic (exact) mass is 283 g/mol. The second kappa shape index (κ2) is 4.95. The van der Waals surface area contributed by atoms with Gasteiger partial charge in [0.15, 0.2) is 0 Å². The second-order valence-electron chi connectivity index (χ2n) is 5.80. The molecule has 0 heterocycles. The molecule has 2 saturated carbocycles. The van der Waals surface area contributed by atoms with Crippen molar-refractivity contribution >= 4 is 11.6 Å². The summed E-state index contributed by atoms with van der Waals surface area (Å²) in [5.74, 6) is 0.272. The number of benzene rings is 1. The first kappa shape index (κ1) is 13.2. The molecule has 4 heteroatoms. The first-order valence-electron chi connectivity index (χ1n) is 7.03. The highest BCUT2D eigenvalue weighted by molar-refractivity contribution is 6.32. The van der Waals surface area contributed by atoms with Crippen LogP contribution in [0.15, 0.2) is 12.1 Å². The Morgan fingerprint density at radius 2 is 1.89 bits per heavy atom. The first-order chi connectivity index (χ1) is 9.08. The van der Waals surface area contributed by atoms with Crippen molar-refractivity contribution < 1.29 is 9.13 Å². The van der Waals surface area contributed by atoms with Crippen LogP contribution < -0.4 is 10.5 Å². The minimum absolute atomic E-state index is 0.230. The van der Waals surface area contributed by atoms with Crippen molar-refractivity contribution in [3.8, 4) is 5.75 Å². The van der Waals surface area contributed by atoms with E-state index in [1.807, 2.05) is 0 Å². The van der Waals surface area contributed by atoms with Gasteiger partial charge in [-0.2, -0.15) is 0 Å². The van der Waals surface area contributed by atoms with Gasteiger partial charge in [-0.15, -0.1) is 0 Å². The lowest BCUT2D eigenvalue weighted by atomic mass is 9.77. The molecule has 0 bridgehead atoms. The molecule has 1 aromatic carbocycles. The normalized spacial score (nSPS) is 22.3. The van der Waals surface area contributed by atoms with E-state index in [9.17, 15) is 4.39 Å². The van der Waals surface area contributed by atoms with Crippen LogP contribution in [0.3, 0.4) is 0 Å². The van der Waals surface area contributed by atoms with Crippen LogP contribution in [-0.2, 0) is 5.54 Å². The molecule has 3 rings (SSSR count). The molecule has 0 radical (unpaired) electrons. The van der Waals surface area contributed by atoms with E-state index in [1.165, 1.54) is 18.6 Å². The van der Waals surface area contributed by atoms with E-state index in [-0.39, 0.29) is 11.9 Å². The van der Waals surface area contributed by atoms with Crippen molar-refractivity contribution in [1.29, 1.82) is 0 Å². The van der Waals surface area contributed by atoms with E-state index >= 15 is 0 Å². The van der Waals surface area contributed by atoms with Gasteiger partial charge in [0.05, 0.1) is 11.1 Å². The van der Waals surface area contributed by atoms with Crippen LogP contribution in [0.25, 0.3) is 0 Å². The predicted octanol–water partition coefficient (Wildman–Crippen LogP) is 4.14. The molecule has 0 aromatic heterocycles. The second-order valence-corrected chi connectivity index (χ2v) is 6.21. The van der Waals surface area contributed by atoms with Gasteiger partial charge in [-0.1, -0.05) is 30.9 Å². The highest BCUT2D eigenvalue weighted by Gasteiger charge is 2.35. The summed E-state index contributed by atoms with van der Waals surface area (Å²) in [4.78, 5) is 0. The smallest absolute Gasteiger partial charge is 0.143 e. The van der Waals surface area contributed by atoms with Gasteiger partial charge in [0, 0.05) is 11.1 Å². The van der Waals surface area contributed by atoms with Crippen molar-refractivity contribution in [2.75, 3.05) is 0 Å². The first-order valence-corrected chi connectivity index (χ1v) is 7.41. The van der Waals surface area contributed by atoms with Crippen LogP contribution in [0.5, 0.6) is 5.75 Å². The minimum atomic E-state index is -0.492. The fourth-order valence-corrected chi connectivity index (χ4v) is 3.11. The summed E-state index contributed by atoms with van der Waals surface area (Å²) in [6, 6.07) is 2.82. The Labute approximate surface area is 118 Å². The lowest BCUT2D eigenvalue weighted by Crippen LogP contribution is -2.39. The van der Waals surface area contributed by atoms with Gasteiger partial charge in [-0.25, -0.2) is 4.39 Å². The van der Waals surface area contributed by atoms with Crippen LogP contribution >= 0.6 is 11.6 Å². The zero-order valence-electron chi connectivity index (χ0n) is 10.9. The van der Waals surface area contributed by atoms with Crippen LogP contribution in [0.4, 0.5) is 4.39 Å². The topological polar surface area (TPSA) is 35.2 Å². The van der Waals surface area contributed by atoms with E-state index in [0.717, 1.165) is 44.1 Å². The lowest BCUT2D eigenvalue weighted by molar-refractivity contribution is 0.262. The van der Waals surface area contributed by atoms with Gasteiger partial charge >= 0.3 is 0 Å². The van der Waals surface area contributed by atoms with Gasteiger partial charge in [0.25, 0.3) is 0 Å². The number of hydrogen-bond acceptors (Lipinski definition) is 2. The number of halogens is 2. The highest BCUT2D eigenvalue weighted by atomic mass is 35.5. The van der Waals surface area contributed by atoms with E-state index in [1.54, 1.807) is 0 Å². The molecule has 0 amide bonds. The number of nitrogens with two attached hydrogens (primary N) is 1. The van der Waals surface area contributed by atoms with Crippen LogP contribution in [0, 0.1) is 5.82 Å². The summed E-state index contributed by atoms with van der Waals surface area (Å²) in [7, 11) is 0. The summed E-state index contributed by atoms with van der Waals surface area (Å²) in [5.41, 5.74) is 6.77. The van der Waals surface area contributed by atoms with Crippen LogP contribution in [0.1, 0.15) is 50.5 Å². The fraction of sp³-hybridized carbons (Fsp3) is 0.600. The van der Waals surface area contributed by atoms with Crippen molar-refractivity contribution in [3.63, 3.8) is 0 Å². The summed E-state index contributed by atoms with van der Waals surface area (Å²) in [6.07, 6.45) is 7.41. The Morgan fingerprint density at radius 1 is 1.21 bits per heavy atom. The van der Waals surface area contributed by atoms with Crippen LogP contribution in [0.2, 0.25) is 5.02 Å². The zero-order chi connectivity index (χ0) is 13.5. The minimum Gasteiger partial charge on any atom is -0.489 e. The average molecular weight is 284 g/mol. The number of ether oxygens (including phenoxy) is 1. The van der Waals surface area contributed by atoms with Gasteiger partial charge < -0.3 is 10.5 Å². The third-order valence-corrected chi connectivity index (χ3v) is 4.38. The molecule has 2 fully saturated rings. The SMILES string of the molecule is NC1(c2cc(F)cc(Cl)c2OC2CC2)CCCCC1. The van der Waals surface area contributed by atoms with Gasteiger partial charge in [-0.3, -0.25) is 0 Å². The Balaban J connectivity index is 2.01. The molecule has 19 heavy (non-hydrogen) atoms. The number of hydrogen-bond donors (Lipinski definition) is 1. The third-order valence-electron chi connectivity index (χ3n) is 4.10. The molecule has 2 nitrogen and oxygen atoms in total. The Hall–Kier alpha value is -0.800. The Kier molecular flexibility index (Phi) is 3.44. The van der Waals surface area contributed by atoms with E-state index < -0.39 is 5.54 Å². The van der Waals surface area contributed by atoms with Gasteiger partial charge in [0.2, 0.25) is 0 Å². The third kappa shape index (κ3) is 2.72. The van der Waals surface area contributed by atoms with Crippen LogP contribution in [-0.4, -0.2) is 6.10 Å². The predicted molar refractivity (Wildman–Crippen MR) is 74.0 cm³/mol. The molecule has 0 unspecified atom stereocenters. The Bertz CT molecular complexity index is 481. The molecular weight excluding hydrogens is 265 g/mol. The maximum atomic E-state index is 13.7. The van der Waals surface area contributed by atoms with Crippen molar-refractivity contribution in [2.24, 2.45) is 5.73 Å². The molecule has 0 spiro atoms. The van der Waals surface area contributed by atoms with Crippen molar-refractivity contribution in [2.45, 2.75) is 56.6 Å². The van der Waals surface area contributed by atoms with Gasteiger partial charge in [0.1, 0.15) is 11.6 Å². The van der Waals surface area contributed by atoms with E-state index in [0.29, 0.717) is 10.8 Å². The molecule has 2 N–H and O–H groups in total. The highest BCUT2D eigenvalue weighted by Crippen LogP contribution is 2.44. The van der Waals surface area contributed by atoms with Crippen molar-refractivity contribution in [3.05, 3.63) is 28.5 Å². The molecule has 0 saturated heterocycles. The zero-order valence-corrected chi connectivity index (χ0v) is 11.7. The molecule has 0 aliphatic heterocycles. The standard InChI is InChI=1S/C15H19ClFNO/c16-13-9-10(17)8-12(14(13)19-11-4-5-11)15(18)6-2-1-3-7-15/h8-9,11H,1-7,18H2. The molecule has 104 valence electrons. The molecule has 2 aliphatic carbocycles. The molecule has 2 aliphatic rings. The van der Waals surface area contributed by atoms with E-state index in [2.05, 4.69) is 0 Å². The summed E-state index contributed by atoms with van der Waals surface area (Å²) < 4.78 is 19.6. The number of rotatable bonds is 3. The quantitative estimate of drug-likeness (QED) is 0.905. The summed E-state index contributed by atoms with van der Waals surface area (Å²) >= 11 is 6.17. The van der Waals surface area contributed by atoms with Gasteiger partial charge in [-0.05, 0) is 37.8 Å².